The molecule has 3 rings (SSSR count). The van der Waals surface area contributed by atoms with E-state index in [9.17, 15) is 35.1 Å². The fourth-order valence-electron chi connectivity index (χ4n) is 2.39. The molecule has 106 valence electrons. The summed E-state index contributed by atoms with van der Waals surface area (Å²) in [6, 6.07) is 2.76. The number of phenolic OH excluding ortho intramolecular Hbond substituents is 5. The largest absolute Gasteiger partial charge is 0.507 e. The Hall–Kier alpha value is -3.22. The molecule has 7 heteroatoms. The molecule has 0 spiro atoms. The molecular weight excluding hydrogens is 280 g/mol. The number of benzene rings is 2. The van der Waals surface area contributed by atoms with E-state index in [4.69, 9.17) is 0 Å². The third kappa shape index (κ3) is 1.48. The van der Waals surface area contributed by atoms with Gasteiger partial charge < -0.3 is 25.5 Å². The second-order valence-electron chi connectivity index (χ2n) is 4.53. The van der Waals surface area contributed by atoms with Gasteiger partial charge in [0.15, 0.2) is 11.5 Å². The van der Waals surface area contributed by atoms with Crippen molar-refractivity contribution in [2.24, 2.45) is 0 Å². The highest BCUT2D eigenvalue weighted by Gasteiger charge is 2.39. The summed E-state index contributed by atoms with van der Waals surface area (Å²) in [6.07, 6.45) is 0. The molecule has 1 aliphatic carbocycles. The summed E-state index contributed by atoms with van der Waals surface area (Å²) in [5.41, 5.74) is -2.12. The van der Waals surface area contributed by atoms with Crippen LogP contribution in [0, 0.1) is 0 Å². The molecule has 1 aliphatic rings. The van der Waals surface area contributed by atoms with Crippen LogP contribution in [0.5, 0.6) is 28.7 Å². The van der Waals surface area contributed by atoms with Crippen molar-refractivity contribution in [2.45, 2.75) is 0 Å². The van der Waals surface area contributed by atoms with E-state index in [0.29, 0.717) is 6.07 Å². The minimum Gasteiger partial charge on any atom is -0.507 e. The number of hydrogen-bond donors (Lipinski definition) is 5. The van der Waals surface area contributed by atoms with E-state index in [1.165, 1.54) is 0 Å². The van der Waals surface area contributed by atoms with Crippen molar-refractivity contribution >= 4 is 11.6 Å². The van der Waals surface area contributed by atoms with Crippen molar-refractivity contribution in [1.29, 1.82) is 0 Å². The van der Waals surface area contributed by atoms with Gasteiger partial charge in [-0.15, -0.1) is 0 Å². The second-order valence-corrected chi connectivity index (χ2v) is 4.53. The monoisotopic (exact) mass is 288 g/mol. The highest BCUT2D eigenvalue weighted by molar-refractivity contribution is 6.32. The standard InChI is InChI=1S/C14H8O7/c15-4-1-2-5(16)9-8(4)13(20)10-6(17)3-7(18)12(19)11(10)14(9)21/h1-3,15-19H. The molecule has 2 aromatic rings. The summed E-state index contributed by atoms with van der Waals surface area (Å²) in [4.78, 5) is 24.7. The van der Waals surface area contributed by atoms with Crippen molar-refractivity contribution in [3.05, 3.63) is 40.5 Å². The van der Waals surface area contributed by atoms with Crippen molar-refractivity contribution in [2.75, 3.05) is 0 Å². The van der Waals surface area contributed by atoms with E-state index in [2.05, 4.69) is 0 Å². The zero-order chi connectivity index (χ0) is 15.5. The Bertz CT molecular complexity index is 836. The quantitative estimate of drug-likeness (QED) is 0.307. The van der Waals surface area contributed by atoms with Crippen LogP contribution < -0.4 is 0 Å². The predicted molar refractivity (Wildman–Crippen MR) is 68.1 cm³/mol. The number of ketones is 2. The summed E-state index contributed by atoms with van der Waals surface area (Å²) in [5.74, 6) is -5.41. The minimum atomic E-state index is -0.989. The van der Waals surface area contributed by atoms with Crippen LogP contribution in [0.1, 0.15) is 31.8 Å². The lowest BCUT2D eigenvalue weighted by Crippen LogP contribution is -2.21. The van der Waals surface area contributed by atoms with Crippen LogP contribution in [0.25, 0.3) is 0 Å². The van der Waals surface area contributed by atoms with Crippen molar-refractivity contribution in [3.8, 4) is 28.7 Å². The molecule has 0 bridgehead atoms. The average molecular weight is 288 g/mol. The molecule has 0 heterocycles. The molecular formula is C14H8O7. The first-order chi connectivity index (χ1) is 9.84. The van der Waals surface area contributed by atoms with Crippen molar-refractivity contribution < 1.29 is 35.1 Å². The Balaban J connectivity index is 2.47. The van der Waals surface area contributed by atoms with Gasteiger partial charge in [0.2, 0.25) is 11.6 Å². The van der Waals surface area contributed by atoms with Crippen LogP contribution in [0.2, 0.25) is 0 Å². The maximum absolute atomic E-state index is 12.3. The van der Waals surface area contributed by atoms with Gasteiger partial charge in [-0.2, -0.15) is 0 Å². The summed E-state index contributed by atoms with van der Waals surface area (Å²) < 4.78 is 0. The Morgan fingerprint density at radius 2 is 1.00 bits per heavy atom. The van der Waals surface area contributed by atoms with Gasteiger partial charge in [-0.1, -0.05) is 0 Å². The normalized spacial score (nSPS) is 13.0. The maximum Gasteiger partial charge on any atom is 0.202 e. The first-order valence-electron chi connectivity index (χ1n) is 5.76. The first kappa shape index (κ1) is 12.8. The average Bonchev–Trinajstić information content (AvgIpc) is 2.42. The molecule has 0 aliphatic heterocycles. The molecule has 0 amide bonds. The fraction of sp³-hybridized carbons (Fsp3) is 0. The Morgan fingerprint density at radius 3 is 1.52 bits per heavy atom. The topological polar surface area (TPSA) is 135 Å². The SMILES string of the molecule is O=C1c2c(O)ccc(O)c2C(=O)c2c(O)c(O)cc(O)c21. The van der Waals surface area contributed by atoms with E-state index in [1.54, 1.807) is 0 Å². The highest BCUT2D eigenvalue weighted by Crippen LogP contribution is 2.46. The zero-order valence-electron chi connectivity index (χ0n) is 10.3. The van der Waals surface area contributed by atoms with Crippen LogP contribution in [0.15, 0.2) is 18.2 Å². The lowest BCUT2D eigenvalue weighted by molar-refractivity contribution is 0.0968. The van der Waals surface area contributed by atoms with E-state index in [-0.39, 0.29) is 0 Å². The molecule has 21 heavy (non-hydrogen) atoms. The highest BCUT2D eigenvalue weighted by atomic mass is 16.3. The van der Waals surface area contributed by atoms with Gasteiger partial charge >= 0.3 is 0 Å². The third-order valence-electron chi connectivity index (χ3n) is 3.33. The summed E-state index contributed by atoms with van der Waals surface area (Å²) in [5, 5.41) is 48.4. The number of fused-ring (bicyclic) bond motifs is 2. The summed E-state index contributed by atoms with van der Waals surface area (Å²) in [6.45, 7) is 0. The number of carbonyl (C=O) groups is 2. The zero-order valence-corrected chi connectivity index (χ0v) is 10.3. The molecule has 0 aromatic heterocycles. The van der Waals surface area contributed by atoms with Crippen LogP contribution >= 0.6 is 0 Å². The van der Waals surface area contributed by atoms with Crippen LogP contribution in [0.3, 0.4) is 0 Å². The van der Waals surface area contributed by atoms with Gasteiger partial charge in [0.05, 0.1) is 22.3 Å². The van der Waals surface area contributed by atoms with Crippen LogP contribution in [-0.4, -0.2) is 37.1 Å². The summed E-state index contributed by atoms with van der Waals surface area (Å²) in [7, 11) is 0. The smallest absolute Gasteiger partial charge is 0.202 e. The van der Waals surface area contributed by atoms with Gasteiger partial charge in [0.1, 0.15) is 17.2 Å². The van der Waals surface area contributed by atoms with E-state index >= 15 is 0 Å². The molecule has 0 saturated heterocycles. The van der Waals surface area contributed by atoms with Gasteiger partial charge in [-0.05, 0) is 12.1 Å². The van der Waals surface area contributed by atoms with Crippen molar-refractivity contribution in [3.63, 3.8) is 0 Å². The minimum absolute atomic E-state index is 0.465. The second kappa shape index (κ2) is 3.89. The molecule has 0 unspecified atom stereocenters. The van der Waals surface area contributed by atoms with E-state index in [0.717, 1.165) is 12.1 Å². The van der Waals surface area contributed by atoms with Crippen LogP contribution in [-0.2, 0) is 0 Å². The Kier molecular flexibility index (Phi) is 2.37. The number of carbonyl (C=O) groups excluding carboxylic acids is 2. The van der Waals surface area contributed by atoms with E-state index < -0.39 is 62.6 Å². The predicted octanol–water partition coefficient (Wildman–Crippen LogP) is 0.990. The van der Waals surface area contributed by atoms with Gasteiger partial charge in [-0.3, -0.25) is 9.59 Å². The van der Waals surface area contributed by atoms with Crippen molar-refractivity contribution in [1.82, 2.24) is 0 Å². The molecule has 2 aromatic carbocycles. The number of aromatic hydroxyl groups is 5. The molecule has 0 saturated carbocycles. The van der Waals surface area contributed by atoms with Crippen LogP contribution in [0.4, 0.5) is 0 Å². The lowest BCUT2D eigenvalue weighted by atomic mass is 9.82. The molecule has 0 fully saturated rings. The third-order valence-corrected chi connectivity index (χ3v) is 3.33. The number of hydrogen-bond acceptors (Lipinski definition) is 7. The number of phenols is 5. The lowest BCUT2D eigenvalue weighted by Gasteiger charge is -2.21. The summed E-state index contributed by atoms with van der Waals surface area (Å²) >= 11 is 0. The molecule has 0 radical (unpaired) electrons. The fourth-order valence-corrected chi connectivity index (χ4v) is 2.39. The van der Waals surface area contributed by atoms with Gasteiger partial charge in [0.25, 0.3) is 0 Å². The van der Waals surface area contributed by atoms with Gasteiger partial charge in [-0.25, -0.2) is 0 Å². The Morgan fingerprint density at radius 1 is 0.571 bits per heavy atom. The Labute approximate surface area is 117 Å². The number of rotatable bonds is 0. The van der Waals surface area contributed by atoms with E-state index in [1.807, 2.05) is 0 Å². The molecule has 0 atom stereocenters. The van der Waals surface area contributed by atoms with Gasteiger partial charge in [0, 0.05) is 6.07 Å². The molecule has 7 nitrogen and oxygen atoms in total. The molecule has 5 N–H and O–H groups in total. The first-order valence-corrected chi connectivity index (χ1v) is 5.76. The maximum atomic E-state index is 12.3.